The van der Waals surface area contributed by atoms with Crippen LogP contribution in [0.3, 0.4) is 0 Å². The average Bonchev–Trinajstić information content (AvgIpc) is 2.86. The highest BCUT2D eigenvalue weighted by Crippen LogP contribution is 2.26. The third-order valence-electron chi connectivity index (χ3n) is 5.44. The first-order valence-corrected chi connectivity index (χ1v) is 12.3. The summed E-state index contributed by atoms with van der Waals surface area (Å²) in [4.78, 5) is 25.6. The van der Waals surface area contributed by atoms with E-state index >= 15 is 0 Å². The number of ether oxygens (including phenoxy) is 3. The lowest BCUT2D eigenvalue weighted by atomic mass is 9.97. The summed E-state index contributed by atoms with van der Waals surface area (Å²) in [5.74, 6) is -0.0116. The number of aliphatic hydroxyl groups excluding tert-OH is 1. The fourth-order valence-corrected chi connectivity index (χ4v) is 3.67. The van der Waals surface area contributed by atoms with Gasteiger partial charge in [0.15, 0.2) is 0 Å². The topological polar surface area (TPSA) is 94.1 Å². The van der Waals surface area contributed by atoms with Crippen LogP contribution in [0.4, 0.5) is 4.79 Å². The predicted molar refractivity (Wildman–Crippen MR) is 141 cm³/mol. The summed E-state index contributed by atoms with van der Waals surface area (Å²) in [6, 6.07) is 23.4. The number of esters is 1. The van der Waals surface area contributed by atoms with E-state index in [9.17, 15) is 14.7 Å². The molecule has 0 aromatic heterocycles. The maximum atomic E-state index is 13.0. The molecule has 37 heavy (non-hydrogen) atoms. The molecule has 3 aromatic rings. The van der Waals surface area contributed by atoms with Crippen LogP contribution in [0.15, 0.2) is 78.9 Å². The molecule has 0 aliphatic carbocycles. The van der Waals surface area contributed by atoms with Gasteiger partial charge in [0.1, 0.15) is 30.6 Å². The van der Waals surface area contributed by atoms with Gasteiger partial charge in [-0.1, -0.05) is 66.7 Å². The molecule has 3 rings (SSSR count). The maximum Gasteiger partial charge on any atom is 0.408 e. The van der Waals surface area contributed by atoms with Crippen LogP contribution in [0.25, 0.3) is 0 Å². The summed E-state index contributed by atoms with van der Waals surface area (Å²) in [5, 5.41) is 13.1. The minimum Gasteiger partial charge on any atom is -0.489 e. The van der Waals surface area contributed by atoms with Crippen LogP contribution in [-0.2, 0) is 33.9 Å². The van der Waals surface area contributed by atoms with Gasteiger partial charge in [-0.3, -0.25) is 0 Å². The lowest BCUT2D eigenvalue weighted by molar-refractivity contribution is -0.147. The van der Waals surface area contributed by atoms with Gasteiger partial charge in [-0.2, -0.15) is 0 Å². The Kier molecular flexibility index (Phi) is 9.69. The Morgan fingerprint density at radius 3 is 2.05 bits per heavy atom. The van der Waals surface area contributed by atoms with E-state index in [0.717, 1.165) is 11.1 Å². The summed E-state index contributed by atoms with van der Waals surface area (Å²) in [6.07, 6.45) is -1.44. The molecular weight excluding hydrogens is 470 g/mol. The quantitative estimate of drug-likeness (QED) is 0.354. The van der Waals surface area contributed by atoms with Gasteiger partial charge in [-0.15, -0.1) is 0 Å². The second-order valence-corrected chi connectivity index (χ2v) is 9.81. The number of hydrogen-bond donors (Lipinski definition) is 2. The molecule has 0 aliphatic rings. The van der Waals surface area contributed by atoms with Crippen LogP contribution >= 0.6 is 0 Å². The van der Waals surface area contributed by atoms with Crippen molar-refractivity contribution in [3.63, 3.8) is 0 Å². The smallest absolute Gasteiger partial charge is 0.408 e. The highest BCUT2D eigenvalue weighted by Gasteiger charge is 2.27. The standard InChI is InChI=1S/C30H35NO6/c1-21(32)26-18-25(35-19-22-11-7-5-8-12-22)16-15-24(26)17-27(31-29(34)37-30(2,3)4)28(33)36-20-23-13-9-6-10-14-23/h5-16,18,21,27,32H,17,19-20H2,1-4H3,(H,31,34)/t21-,27+/m1/s1. The molecule has 196 valence electrons. The number of alkyl carbamates (subject to hydrolysis) is 1. The number of amides is 1. The van der Waals surface area contributed by atoms with Gasteiger partial charge in [0.2, 0.25) is 0 Å². The first kappa shape index (κ1) is 27.7. The summed E-state index contributed by atoms with van der Waals surface area (Å²) in [6.45, 7) is 7.33. The number of benzene rings is 3. The van der Waals surface area contributed by atoms with E-state index in [1.165, 1.54) is 0 Å². The Hall–Kier alpha value is -3.84. The molecule has 0 bridgehead atoms. The first-order chi connectivity index (χ1) is 17.6. The number of nitrogens with one attached hydrogen (secondary N) is 1. The summed E-state index contributed by atoms with van der Waals surface area (Å²) in [7, 11) is 0. The van der Waals surface area contributed by atoms with E-state index in [1.54, 1.807) is 45.9 Å². The van der Waals surface area contributed by atoms with Crippen molar-refractivity contribution in [2.24, 2.45) is 0 Å². The first-order valence-electron chi connectivity index (χ1n) is 12.3. The molecule has 0 unspecified atom stereocenters. The highest BCUT2D eigenvalue weighted by atomic mass is 16.6. The van der Waals surface area contributed by atoms with E-state index in [4.69, 9.17) is 14.2 Å². The molecule has 0 radical (unpaired) electrons. The number of carbonyl (C=O) groups is 2. The van der Waals surface area contributed by atoms with Crippen LogP contribution in [0.2, 0.25) is 0 Å². The van der Waals surface area contributed by atoms with Gasteiger partial charge in [0, 0.05) is 6.42 Å². The number of rotatable bonds is 10. The van der Waals surface area contributed by atoms with Crippen molar-refractivity contribution in [2.75, 3.05) is 0 Å². The van der Waals surface area contributed by atoms with Crippen molar-refractivity contribution in [1.82, 2.24) is 5.32 Å². The van der Waals surface area contributed by atoms with Crippen LogP contribution in [0.5, 0.6) is 5.75 Å². The van der Waals surface area contributed by atoms with Crippen molar-refractivity contribution in [3.05, 3.63) is 101 Å². The molecule has 0 fully saturated rings. The Labute approximate surface area is 218 Å². The molecule has 1 amide bonds. The van der Waals surface area contributed by atoms with Gasteiger partial charge in [-0.05, 0) is 62.1 Å². The van der Waals surface area contributed by atoms with Gasteiger partial charge in [0.25, 0.3) is 0 Å². The van der Waals surface area contributed by atoms with Crippen molar-refractivity contribution in [3.8, 4) is 5.75 Å². The molecule has 0 heterocycles. The molecule has 0 aliphatic heterocycles. The number of hydrogen-bond acceptors (Lipinski definition) is 6. The van der Waals surface area contributed by atoms with E-state index in [2.05, 4.69) is 5.32 Å². The maximum absolute atomic E-state index is 13.0. The van der Waals surface area contributed by atoms with Crippen LogP contribution in [0, 0.1) is 0 Å². The molecule has 0 spiro atoms. The van der Waals surface area contributed by atoms with Crippen LogP contribution in [-0.4, -0.2) is 28.8 Å². The molecule has 7 heteroatoms. The van der Waals surface area contributed by atoms with E-state index in [0.29, 0.717) is 23.5 Å². The van der Waals surface area contributed by atoms with Crippen molar-refractivity contribution in [2.45, 2.75) is 65.1 Å². The number of carbonyl (C=O) groups excluding carboxylic acids is 2. The van der Waals surface area contributed by atoms with E-state index in [-0.39, 0.29) is 13.0 Å². The van der Waals surface area contributed by atoms with Crippen molar-refractivity contribution >= 4 is 12.1 Å². The van der Waals surface area contributed by atoms with Gasteiger partial charge < -0.3 is 24.6 Å². The van der Waals surface area contributed by atoms with E-state index < -0.39 is 29.8 Å². The Balaban J connectivity index is 1.77. The monoisotopic (exact) mass is 505 g/mol. The molecule has 0 saturated heterocycles. The second kappa shape index (κ2) is 12.9. The minimum absolute atomic E-state index is 0.0711. The van der Waals surface area contributed by atoms with Gasteiger partial charge in [0.05, 0.1) is 6.10 Å². The summed E-state index contributed by atoms with van der Waals surface area (Å²) in [5.41, 5.74) is 2.40. The van der Waals surface area contributed by atoms with E-state index in [1.807, 2.05) is 60.7 Å². The third kappa shape index (κ3) is 9.28. The summed E-state index contributed by atoms with van der Waals surface area (Å²) < 4.78 is 16.8. The van der Waals surface area contributed by atoms with Crippen LogP contribution < -0.4 is 10.1 Å². The van der Waals surface area contributed by atoms with Crippen LogP contribution in [0.1, 0.15) is 56.1 Å². The van der Waals surface area contributed by atoms with Gasteiger partial charge >= 0.3 is 12.1 Å². The lowest BCUT2D eigenvalue weighted by Crippen LogP contribution is -2.45. The van der Waals surface area contributed by atoms with Crippen molar-refractivity contribution in [1.29, 1.82) is 0 Å². The largest absolute Gasteiger partial charge is 0.489 e. The minimum atomic E-state index is -1.02. The molecule has 0 saturated carbocycles. The third-order valence-corrected chi connectivity index (χ3v) is 5.44. The highest BCUT2D eigenvalue weighted by molar-refractivity contribution is 5.82. The Bertz CT molecular complexity index is 1160. The SMILES string of the molecule is C[C@@H](O)c1cc(OCc2ccccc2)ccc1C[C@H](NC(=O)OC(C)(C)C)C(=O)OCc1ccccc1. The zero-order valence-corrected chi connectivity index (χ0v) is 21.8. The Morgan fingerprint density at radius 1 is 0.892 bits per heavy atom. The fourth-order valence-electron chi connectivity index (χ4n) is 3.67. The average molecular weight is 506 g/mol. The lowest BCUT2D eigenvalue weighted by Gasteiger charge is -2.24. The molecule has 7 nitrogen and oxygen atoms in total. The zero-order valence-electron chi connectivity index (χ0n) is 21.8. The molecule has 3 aromatic carbocycles. The normalized spacial score (nSPS) is 12.8. The molecule has 2 atom stereocenters. The predicted octanol–water partition coefficient (Wildman–Crippen LogP) is 5.50. The fraction of sp³-hybridized carbons (Fsp3) is 0.333. The Morgan fingerprint density at radius 2 is 1.49 bits per heavy atom. The summed E-state index contributed by atoms with van der Waals surface area (Å²) >= 11 is 0. The second-order valence-electron chi connectivity index (χ2n) is 9.81. The van der Waals surface area contributed by atoms with Crippen molar-refractivity contribution < 1.29 is 28.9 Å². The van der Waals surface area contributed by atoms with Gasteiger partial charge in [-0.25, -0.2) is 9.59 Å². The molecule has 2 N–H and O–H groups in total. The molecular formula is C30H35NO6. The number of aliphatic hydroxyl groups is 1. The zero-order chi connectivity index (χ0) is 26.8.